The second-order valence-electron chi connectivity index (χ2n) is 9.44. The zero-order valence-corrected chi connectivity index (χ0v) is 21.6. The van der Waals surface area contributed by atoms with Crippen LogP contribution in [0.5, 0.6) is 0 Å². The van der Waals surface area contributed by atoms with Crippen LogP contribution in [-0.2, 0) is 27.2 Å². The van der Waals surface area contributed by atoms with Crippen LogP contribution in [0.4, 0.5) is 0 Å². The molecule has 9 heteroatoms. The van der Waals surface area contributed by atoms with E-state index in [4.69, 9.17) is 13.9 Å². The lowest BCUT2D eigenvalue weighted by Gasteiger charge is -2.19. The molecule has 0 spiro atoms. The number of nitrogens with one attached hydrogen (secondary N) is 2. The van der Waals surface area contributed by atoms with Gasteiger partial charge in [0.05, 0.1) is 18.2 Å². The van der Waals surface area contributed by atoms with Gasteiger partial charge in [-0.15, -0.1) is 0 Å². The van der Waals surface area contributed by atoms with Crippen molar-refractivity contribution in [2.45, 2.75) is 52.5 Å². The van der Waals surface area contributed by atoms with Crippen molar-refractivity contribution in [3.05, 3.63) is 80.9 Å². The summed E-state index contributed by atoms with van der Waals surface area (Å²) in [6, 6.07) is 10.2. The van der Waals surface area contributed by atoms with E-state index in [0.717, 1.165) is 21.9 Å². The topological polar surface area (TPSA) is 139 Å². The molecule has 0 fully saturated rings. The van der Waals surface area contributed by atoms with Gasteiger partial charge in [0, 0.05) is 35.7 Å². The van der Waals surface area contributed by atoms with Gasteiger partial charge in [0.15, 0.2) is 0 Å². The summed E-state index contributed by atoms with van der Waals surface area (Å²) in [5.41, 5.74) is 3.81. The van der Waals surface area contributed by atoms with Crippen molar-refractivity contribution in [2.75, 3.05) is 6.54 Å². The third kappa shape index (κ3) is 5.77. The standard InChI is InChI=1S/C29H30N2O7/c1-16-15-37-26-18(3)27-21(13-20(16)26)17(2)22(29(36)38-27)14-24(32)31-23(12-19-8-5-4-6-9-19)28(35)30-11-7-10-25(33)34/h4-6,8-9,13,15,23H,7,10-12,14H2,1-3H3,(H,30,35)(H,31,32)(H,33,34)/t23-/m1/s1. The summed E-state index contributed by atoms with van der Waals surface area (Å²) in [5, 5.41) is 15.9. The van der Waals surface area contributed by atoms with Crippen LogP contribution in [0.2, 0.25) is 0 Å². The number of aryl methyl sites for hydroxylation is 3. The predicted molar refractivity (Wildman–Crippen MR) is 142 cm³/mol. The molecule has 3 N–H and O–H groups in total. The zero-order valence-electron chi connectivity index (χ0n) is 21.6. The molecule has 0 bridgehead atoms. The Morgan fingerprint density at radius 3 is 2.45 bits per heavy atom. The van der Waals surface area contributed by atoms with E-state index in [9.17, 15) is 19.2 Å². The maximum Gasteiger partial charge on any atom is 0.340 e. The minimum Gasteiger partial charge on any atom is -0.481 e. The van der Waals surface area contributed by atoms with Gasteiger partial charge >= 0.3 is 11.6 Å². The number of benzene rings is 2. The fourth-order valence-electron chi connectivity index (χ4n) is 4.56. The molecule has 2 heterocycles. The molecule has 0 aliphatic heterocycles. The number of hydrogen-bond acceptors (Lipinski definition) is 6. The number of carboxylic acids is 1. The molecule has 38 heavy (non-hydrogen) atoms. The van der Waals surface area contributed by atoms with E-state index in [0.29, 0.717) is 22.3 Å². The second kappa shape index (κ2) is 11.3. The van der Waals surface area contributed by atoms with Crippen LogP contribution in [-0.4, -0.2) is 35.5 Å². The van der Waals surface area contributed by atoms with Crippen molar-refractivity contribution in [3.63, 3.8) is 0 Å². The molecule has 0 saturated heterocycles. The van der Waals surface area contributed by atoms with Crippen molar-refractivity contribution in [1.29, 1.82) is 0 Å². The number of furan rings is 1. The number of carbonyl (C=O) groups is 3. The molecule has 198 valence electrons. The van der Waals surface area contributed by atoms with Gasteiger partial charge in [-0.05, 0) is 49.9 Å². The Bertz CT molecular complexity index is 1570. The number of rotatable bonds is 10. The maximum absolute atomic E-state index is 13.1. The monoisotopic (exact) mass is 518 g/mol. The largest absolute Gasteiger partial charge is 0.481 e. The summed E-state index contributed by atoms with van der Waals surface area (Å²) in [7, 11) is 0. The van der Waals surface area contributed by atoms with Crippen molar-refractivity contribution in [2.24, 2.45) is 0 Å². The summed E-state index contributed by atoms with van der Waals surface area (Å²) < 4.78 is 11.3. The molecule has 2 amide bonds. The average molecular weight is 519 g/mol. The summed E-state index contributed by atoms with van der Waals surface area (Å²) >= 11 is 0. The molecule has 0 aliphatic rings. The molecule has 4 aromatic rings. The van der Waals surface area contributed by atoms with E-state index in [1.807, 2.05) is 50.2 Å². The van der Waals surface area contributed by atoms with Crippen LogP contribution in [0.15, 0.2) is 56.3 Å². The van der Waals surface area contributed by atoms with Crippen molar-refractivity contribution >= 4 is 39.7 Å². The lowest BCUT2D eigenvalue weighted by Crippen LogP contribution is -2.49. The van der Waals surface area contributed by atoms with E-state index < -0.39 is 29.5 Å². The molecule has 2 aromatic heterocycles. The summed E-state index contributed by atoms with van der Waals surface area (Å²) in [4.78, 5) is 49.7. The molecule has 1 atom stereocenters. The second-order valence-corrected chi connectivity index (χ2v) is 9.44. The minimum absolute atomic E-state index is 0.0723. The molecular weight excluding hydrogens is 488 g/mol. The van der Waals surface area contributed by atoms with Crippen LogP contribution in [0.3, 0.4) is 0 Å². The number of carboxylic acid groups (broad SMARTS) is 1. The minimum atomic E-state index is -0.947. The Balaban J connectivity index is 1.57. The molecule has 0 unspecified atom stereocenters. The van der Waals surface area contributed by atoms with Crippen LogP contribution >= 0.6 is 0 Å². The van der Waals surface area contributed by atoms with Gasteiger partial charge in [0.25, 0.3) is 0 Å². The van der Waals surface area contributed by atoms with Gasteiger partial charge in [0.1, 0.15) is 17.2 Å². The van der Waals surface area contributed by atoms with Crippen molar-refractivity contribution in [3.8, 4) is 0 Å². The first-order valence-electron chi connectivity index (χ1n) is 12.4. The van der Waals surface area contributed by atoms with Crippen LogP contribution in [0, 0.1) is 20.8 Å². The van der Waals surface area contributed by atoms with Gasteiger partial charge in [-0.2, -0.15) is 0 Å². The summed E-state index contributed by atoms with van der Waals surface area (Å²) in [6.45, 7) is 5.70. The highest BCUT2D eigenvalue weighted by Gasteiger charge is 2.24. The molecule has 9 nitrogen and oxygen atoms in total. The maximum atomic E-state index is 13.1. The summed E-state index contributed by atoms with van der Waals surface area (Å²) in [5.74, 6) is -1.88. The van der Waals surface area contributed by atoms with Crippen LogP contribution < -0.4 is 16.3 Å². The highest BCUT2D eigenvalue weighted by molar-refractivity contribution is 6.00. The van der Waals surface area contributed by atoms with Gasteiger partial charge in [-0.3, -0.25) is 14.4 Å². The fourth-order valence-corrected chi connectivity index (χ4v) is 4.56. The number of hydrogen-bond donors (Lipinski definition) is 3. The smallest absolute Gasteiger partial charge is 0.340 e. The van der Waals surface area contributed by atoms with Crippen molar-refractivity contribution in [1.82, 2.24) is 10.6 Å². The quantitative estimate of drug-likeness (QED) is 0.215. The van der Waals surface area contributed by atoms with Crippen molar-refractivity contribution < 1.29 is 28.3 Å². The first kappa shape index (κ1) is 26.7. The SMILES string of the molecule is Cc1coc2c(C)c3oc(=O)c(CC(=O)N[C@H](Cc4ccccc4)C(=O)NCCCC(=O)O)c(C)c3cc12. The first-order chi connectivity index (χ1) is 18.2. The summed E-state index contributed by atoms with van der Waals surface area (Å²) in [6.07, 6.45) is 1.82. The van der Waals surface area contributed by atoms with Gasteiger partial charge < -0.3 is 24.6 Å². The number of fused-ring (bicyclic) bond motifs is 2. The third-order valence-electron chi connectivity index (χ3n) is 6.67. The fraction of sp³-hybridized carbons (Fsp3) is 0.310. The lowest BCUT2D eigenvalue weighted by atomic mass is 9.98. The lowest BCUT2D eigenvalue weighted by molar-refractivity contribution is -0.137. The van der Waals surface area contributed by atoms with Gasteiger partial charge in [0.2, 0.25) is 11.8 Å². The van der Waals surface area contributed by atoms with Crippen LogP contribution in [0.1, 0.15) is 40.7 Å². The Hall–Kier alpha value is -4.40. The number of amides is 2. The number of aliphatic carboxylic acids is 1. The van der Waals surface area contributed by atoms with E-state index in [-0.39, 0.29) is 37.8 Å². The number of carbonyl (C=O) groups excluding carboxylic acids is 2. The van der Waals surface area contributed by atoms with E-state index >= 15 is 0 Å². The Labute approximate surface area is 218 Å². The Morgan fingerprint density at radius 2 is 1.74 bits per heavy atom. The third-order valence-corrected chi connectivity index (χ3v) is 6.67. The van der Waals surface area contributed by atoms with Gasteiger partial charge in [-0.1, -0.05) is 30.3 Å². The molecular formula is C29H30N2O7. The van der Waals surface area contributed by atoms with E-state index in [2.05, 4.69) is 10.6 Å². The highest BCUT2D eigenvalue weighted by atomic mass is 16.4. The normalized spacial score (nSPS) is 12.0. The predicted octanol–water partition coefficient (Wildman–Crippen LogP) is 3.72. The average Bonchev–Trinajstić information content (AvgIpc) is 3.26. The molecule has 4 rings (SSSR count). The van der Waals surface area contributed by atoms with E-state index in [1.54, 1.807) is 13.2 Å². The van der Waals surface area contributed by atoms with Crippen LogP contribution in [0.25, 0.3) is 21.9 Å². The molecule has 2 aromatic carbocycles. The molecule has 0 aliphatic carbocycles. The molecule has 0 radical (unpaired) electrons. The van der Waals surface area contributed by atoms with E-state index in [1.165, 1.54) is 0 Å². The zero-order chi connectivity index (χ0) is 27.4. The highest BCUT2D eigenvalue weighted by Crippen LogP contribution is 2.32. The Morgan fingerprint density at radius 1 is 1.00 bits per heavy atom. The van der Waals surface area contributed by atoms with Gasteiger partial charge in [-0.25, -0.2) is 4.79 Å². The first-order valence-corrected chi connectivity index (χ1v) is 12.4. The molecule has 0 saturated carbocycles. The Kier molecular flexibility index (Phi) is 7.95.